The molecular formula is C19H32O2. The molecule has 1 aromatic carbocycles. The zero-order valence-electron chi connectivity index (χ0n) is 14.8. The highest BCUT2D eigenvalue weighted by atomic mass is 16.5. The third-order valence-electron chi connectivity index (χ3n) is 3.73. The molecule has 0 spiro atoms. The summed E-state index contributed by atoms with van der Waals surface area (Å²) in [5, 5.41) is 9.17. The average Bonchev–Trinajstić information content (AvgIpc) is 2.34. The fourth-order valence-corrected chi connectivity index (χ4v) is 2.45. The maximum atomic E-state index is 9.17. The van der Waals surface area contributed by atoms with Gasteiger partial charge in [0.1, 0.15) is 5.75 Å². The van der Waals surface area contributed by atoms with Crippen molar-refractivity contribution in [2.24, 2.45) is 0 Å². The van der Waals surface area contributed by atoms with Gasteiger partial charge in [-0.1, -0.05) is 53.7 Å². The Kier molecular flexibility index (Phi) is 5.86. The Balaban J connectivity index is 3.49. The summed E-state index contributed by atoms with van der Waals surface area (Å²) in [6.45, 7) is 16.3. The van der Waals surface area contributed by atoms with Crippen LogP contribution in [0.15, 0.2) is 12.1 Å². The summed E-state index contributed by atoms with van der Waals surface area (Å²) >= 11 is 0. The van der Waals surface area contributed by atoms with Crippen molar-refractivity contribution in [1.29, 1.82) is 0 Å². The van der Waals surface area contributed by atoms with Gasteiger partial charge >= 0.3 is 0 Å². The second-order valence-electron chi connectivity index (χ2n) is 7.77. The lowest BCUT2D eigenvalue weighted by Gasteiger charge is -2.29. The van der Waals surface area contributed by atoms with Crippen molar-refractivity contribution >= 4 is 0 Å². The Hall–Kier alpha value is -1.02. The first kappa shape index (κ1) is 18.0. The molecule has 0 aliphatic rings. The van der Waals surface area contributed by atoms with Gasteiger partial charge < -0.3 is 9.84 Å². The van der Waals surface area contributed by atoms with Crippen molar-refractivity contribution in [3.05, 3.63) is 28.8 Å². The van der Waals surface area contributed by atoms with E-state index in [0.29, 0.717) is 6.61 Å². The first-order valence-electron chi connectivity index (χ1n) is 8.02. The second kappa shape index (κ2) is 6.83. The molecule has 0 amide bonds. The topological polar surface area (TPSA) is 29.5 Å². The van der Waals surface area contributed by atoms with Crippen LogP contribution in [-0.4, -0.2) is 18.3 Å². The summed E-state index contributed by atoms with van der Waals surface area (Å²) in [4.78, 5) is 0. The molecule has 21 heavy (non-hydrogen) atoms. The van der Waals surface area contributed by atoms with E-state index in [9.17, 15) is 0 Å². The summed E-state index contributed by atoms with van der Waals surface area (Å²) in [5.74, 6) is 1.02. The minimum Gasteiger partial charge on any atom is -0.493 e. The van der Waals surface area contributed by atoms with Gasteiger partial charge in [0.05, 0.1) is 6.61 Å². The maximum Gasteiger partial charge on any atom is 0.126 e. The van der Waals surface area contributed by atoms with Crippen LogP contribution in [0.4, 0.5) is 0 Å². The lowest BCUT2D eigenvalue weighted by atomic mass is 9.78. The van der Waals surface area contributed by atoms with Gasteiger partial charge in [-0.15, -0.1) is 0 Å². The highest BCUT2D eigenvalue weighted by Crippen LogP contribution is 2.38. The van der Waals surface area contributed by atoms with Gasteiger partial charge in [0.2, 0.25) is 0 Å². The monoisotopic (exact) mass is 292 g/mol. The largest absolute Gasteiger partial charge is 0.493 e. The smallest absolute Gasteiger partial charge is 0.126 e. The van der Waals surface area contributed by atoms with E-state index in [4.69, 9.17) is 9.84 Å². The lowest BCUT2D eigenvalue weighted by molar-refractivity contribution is 0.286. The van der Waals surface area contributed by atoms with Crippen molar-refractivity contribution < 1.29 is 9.84 Å². The minimum absolute atomic E-state index is 0.0414. The number of ether oxygens (including phenoxy) is 1. The summed E-state index contributed by atoms with van der Waals surface area (Å²) in [7, 11) is 0. The molecule has 0 fully saturated rings. The first-order chi connectivity index (χ1) is 9.61. The van der Waals surface area contributed by atoms with E-state index in [0.717, 1.165) is 18.6 Å². The fraction of sp³-hybridized carbons (Fsp3) is 0.684. The number of aliphatic hydroxyl groups excluding tert-OH is 1. The Labute approximate surface area is 130 Å². The standard InChI is InChI=1S/C19H32O2/c1-8-21-17-14(10-9-11-20)12-15(18(2,3)4)13-16(17)19(5,6)7/h12-13,20H,8-11H2,1-7H3. The number of hydrogen-bond donors (Lipinski definition) is 1. The maximum absolute atomic E-state index is 9.17. The minimum atomic E-state index is 0.0414. The summed E-state index contributed by atoms with van der Waals surface area (Å²) in [6, 6.07) is 4.56. The van der Waals surface area contributed by atoms with Crippen LogP contribution >= 0.6 is 0 Å². The predicted octanol–water partition coefficient (Wildman–Crippen LogP) is 4.61. The van der Waals surface area contributed by atoms with Gasteiger partial charge in [-0.2, -0.15) is 0 Å². The molecule has 1 aromatic rings. The number of aryl methyl sites for hydroxylation is 1. The molecule has 1 N–H and O–H groups in total. The van der Waals surface area contributed by atoms with E-state index in [1.165, 1.54) is 16.7 Å². The van der Waals surface area contributed by atoms with Gasteiger partial charge in [-0.3, -0.25) is 0 Å². The Morgan fingerprint density at radius 1 is 1.00 bits per heavy atom. The summed E-state index contributed by atoms with van der Waals surface area (Å²) < 4.78 is 5.98. The Morgan fingerprint density at radius 2 is 1.62 bits per heavy atom. The lowest BCUT2D eigenvalue weighted by Crippen LogP contribution is -2.19. The van der Waals surface area contributed by atoms with E-state index >= 15 is 0 Å². The van der Waals surface area contributed by atoms with E-state index in [1.807, 2.05) is 6.92 Å². The van der Waals surface area contributed by atoms with Gasteiger partial charge in [0.15, 0.2) is 0 Å². The molecule has 0 bridgehead atoms. The van der Waals surface area contributed by atoms with Gasteiger partial charge in [-0.05, 0) is 41.7 Å². The highest BCUT2D eigenvalue weighted by molar-refractivity contribution is 5.49. The summed E-state index contributed by atoms with van der Waals surface area (Å²) in [5.41, 5.74) is 3.98. The second-order valence-corrected chi connectivity index (χ2v) is 7.77. The molecular weight excluding hydrogens is 260 g/mol. The average molecular weight is 292 g/mol. The van der Waals surface area contributed by atoms with Gasteiger partial charge in [-0.25, -0.2) is 0 Å². The van der Waals surface area contributed by atoms with Crippen LogP contribution in [0.3, 0.4) is 0 Å². The van der Waals surface area contributed by atoms with E-state index in [1.54, 1.807) is 0 Å². The molecule has 0 atom stereocenters. The zero-order valence-corrected chi connectivity index (χ0v) is 14.8. The Morgan fingerprint density at radius 3 is 2.05 bits per heavy atom. The zero-order chi connectivity index (χ0) is 16.3. The molecule has 2 heteroatoms. The van der Waals surface area contributed by atoms with Crippen molar-refractivity contribution in [3.8, 4) is 5.75 Å². The molecule has 120 valence electrons. The van der Waals surface area contributed by atoms with Gasteiger partial charge in [0.25, 0.3) is 0 Å². The van der Waals surface area contributed by atoms with Crippen molar-refractivity contribution in [2.45, 2.75) is 72.1 Å². The Bertz CT molecular complexity index is 462. The highest BCUT2D eigenvalue weighted by Gasteiger charge is 2.25. The van der Waals surface area contributed by atoms with Crippen molar-refractivity contribution in [1.82, 2.24) is 0 Å². The molecule has 0 aliphatic heterocycles. The van der Waals surface area contributed by atoms with Crippen LogP contribution in [0.1, 0.15) is 71.6 Å². The van der Waals surface area contributed by atoms with Crippen LogP contribution < -0.4 is 4.74 Å². The van der Waals surface area contributed by atoms with Crippen LogP contribution in [0, 0.1) is 0 Å². The van der Waals surface area contributed by atoms with E-state index in [-0.39, 0.29) is 17.4 Å². The van der Waals surface area contributed by atoms with E-state index in [2.05, 4.69) is 53.7 Å². The third-order valence-corrected chi connectivity index (χ3v) is 3.73. The van der Waals surface area contributed by atoms with Crippen LogP contribution in [-0.2, 0) is 17.3 Å². The first-order valence-corrected chi connectivity index (χ1v) is 8.02. The number of aliphatic hydroxyl groups is 1. The van der Waals surface area contributed by atoms with E-state index < -0.39 is 0 Å². The van der Waals surface area contributed by atoms with Crippen molar-refractivity contribution in [2.75, 3.05) is 13.2 Å². The molecule has 2 nitrogen and oxygen atoms in total. The number of rotatable bonds is 5. The molecule has 0 saturated heterocycles. The predicted molar refractivity (Wildman–Crippen MR) is 90.4 cm³/mol. The SMILES string of the molecule is CCOc1c(CCCO)cc(C(C)(C)C)cc1C(C)(C)C. The quantitative estimate of drug-likeness (QED) is 0.859. The normalized spacial score (nSPS) is 12.6. The number of hydrogen-bond acceptors (Lipinski definition) is 2. The molecule has 1 rings (SSSR count). The molecule has 0 radical (unpaired) electrons. The van der Waals surface area contributed by atoms with Crippen molar-refractivity contribution in [3.63, 3.8) is 0 Å². The molecule has 0 heterocycles. The van der Waals surface area contributed by atoms with Crippen LogP contribution in [0.2, 0.25) is 0 Å². The molecule has 0 aromatic heterocycles. The van der Waals surface area contributed by atoms with Crippen LogP contribution in [0.5, 0.6) is 5.75 Å². The van der Waals surface area contributed by atoms with Gasteiger partial charge in [0, 0.05) is 12.2 Å². The molecule has 0 saturated carbocycles. The van der Waals surface area contributed by atoms with Crippen LogP contribution in [0.25, 0.3) is 0 Å². The fourth-order valence-electron chi connectivity index (χ4n) is 2.45. The molecule has 0 aliphatic carbocycles. The molecule has 0 unspecified atom stereocenters. The third kappa shape index (κ3) is 4.74. The number of benzene rings is 1. The summed E-state index contributed by atoms with van der Waals surface area (Å²) in [6.07, 6.45) is 1.64.